The summed E-state index contributed by atoms with van der Waals surface area (Å²) >= 11 is 0. The summed E-state index contributed by atoms with van der Waals surface area (Å²) in [5.41, 5.74) is 1.36. The molecule has 0 unspecified atom stereocenters. The van der Waals surface area contributed by atoms with Crippen molar-refractivity contribution < 1.29 is 4.74 Å². The van der Waals surface area contributed by atoms with Crippen LogP contribution < -0.4 is 10.6 Å². The molecule has 0 aromatic heterocycles. The molecule has 6 heteroatoms. The molecule has 0 radical (unpaired) electrons. The van der Waals surface area contributed by atoms with Crippen molar-refractivity contribution in [2.75, 3.05) is 46.9 Å². The topological polar surface area (TPSA) is 48.9 Å². The van der Waals surface area contributed by atoms with E-state index in [1.807, 2.05) is 7.05 Å². The second-order valence-electron chi connectivity index (χ2n) is 6.83. The molecule has 5 nitrogen and oxygen atoms in total. The number of hydrogen-bond donors (Lipinski definition) is 2. The number of nitrogens with one attached hydrogen (secondary N) is 2. The monoisotopic (exact) mass is 476 g/mol. The van der Waals surface area contributed by atoms with Gasteiger partial charge in [-0.05, 0) is 37.9 Å². The van der Waals surface area contributed by atoms with Crippen LogP contribution in [0, 0.1) is 5.92 Å². The minimum Gasteiger partial charge on any atom is -0.381 e. The molecule has 0 heterocycles. The van der Waals surface area contributed by atoms with Gasteiger partial charge in [-0.1, -0.05) is 44.2 Å². The number of hydrogen-bond acceptors (Lipinski definition) is 3. The van der Waals surface area contributed by atoms with Crippen molar-refractivity contribution in [2.24, 2.45) is 10.9 Å². The maximum absolute atomic E-state index is 5.58. The van der Waals surface area contributed by atoms with Crippen LogP contribution in [0.25, 0.3) is 0 Å². The number of rotatable bonds is 12. The lowest BCUT2D eigenvalue weighted by Crippen LogP contribution is -2.39. The van der Waals surface area contributed by atoms with Crippen molar-refractivity contribution >= 4 is 29.9 Å². The van der Waals surface area contributed by atoms with Crippen LogP contribution in [0.2, 0.25) is 0 Å². The fourth-order valence-electron chi connectivity index (χ4n) is 2.45. The molecule has 0 bridgehead atoms. The number of nitrogens with zero attached hydrogens (tertiary/aromatic N) is 2. The summed E-state index contributed by atoms with van der Waals surface area (Å²) in [6.45, 7) is 9.82. The van der Waals surface area contributed by atoms with Crippen LogP contribution in [0.3, 0.4) is 0 Å². The predicted octanol–water partition coefficient (Wildman–Crippen LogP) is 3.35. The molecular formula is C20H37IN4O. The standard InChI is InChI=1S/C20H36N4O.HI/c1-18(2)17-25-15-9-13-23-20(21-3)22-12-8-14-24(4)16-19-10-6-5-7-11-19;/h5-7,10-11,18H,8-9,12-17H2,1-4H3,(H2,21,22,23);1H. The lowest BCUT2D eigenvalue weighted by atomic mass is 10.2. The van der Waals surface area contributed by atoms with Crippen molar-refractivity contribution in [1.29, 1.82) is 0 Å². The van der Waals surface area contributed by atoms with Crippen molar-refractivity contribution in [3.05, 3.63) is 35.9 Å². The van der Waals surface area contributed by atoms with Gasteiger partial charge in [0, 0.05) is 39.9 Å². The van der Waals surface area contributed by atoms with Gasteiger partial charge in [0.05, 0.1) is 0 Å². The minimum atomic E-state index is 0. The molecule has 26 heavy (non-hydrogen) atoms. The van der Waals surface area contributed by atoms with Gasteiger partial charge in [-0.3, -0.25) is 4.99 Å². The van der Waals surface area contributed by atoms with Gasteiger partial charge in [-0.15, -0.1) is 24.0 Å². The molecule has 1 aromatic rings. The SMILES string of the molecule is CN=C(NCCCOCC(C)C)NCCCN(C)Cc1ccccc1.I. The first-order valence-electron chi connectivity index (χ1n) is 9.36. The van der Waals surface area contributed by atoms with Gasteiger partial charge in [0.25, 0.3) is 0 Å². The van der Waals surface area contributed by atoms with Crippen molar-refractivity contribution in [3.63, 3.8) is 0 Å². The van der Waals surface area contributed by atoms with Gasteiger partial charge in [0.15, 0.2) is 5.96 Å². The highest BCUT2D eigenvalue weighted by atomic mass is 127. The maximum atomic E-state index is 5.58. The summed E-state index contributed by atoms with van der Waals surface area (Å²) in [7, 11) is 3.98. The third-order valence-corrected chi connectivity index (χ3v) is 3.74. The molecule has 150 valence electrons. The number of benzene rings is 1. The van der Waals surface area contributed by atoms with E-state index in [4.69, 9.17) is 4.74 Å². The zero-order chi connectivity index (χ0) is 18.3. The minimum absolute atomic E-state index is 0. The van der Waals surface area contributed by atoms with E-state index in [-0.39, 0.29) is 24.0 Å². The third-order valence-electron chi connectivity index (χ3n) is 3.74. The van der Waals surface area contributed by atoms with Crippen LogP contribution in [0.5, 0.6) is 0 Å². The lowest BCUT2D eigenvalue weighted by molar-refractivity contribution is 0.108. The van der Waals surface area contributed by atoms with Gasteiger partial charge >= 0.3 is 0 Å². The van der Waals surface area contributed by atoms with Crippen LogP contribution in [0.1, 0.15) is 32.3 Å². The Kier molecular flexibility index (Phi) is 15.8. The summed E-state index contributed by atoms with van der Waals surface area (Å²) in [6, 6.07) is 10.6. The Morgan fingerprint density at radius 2 is 1.77 bits per heavy atom. The van der Waals surface area contributed by atoms with Gasteiger partial charge in [-0.2, -0.15) is 0 Å². The largest absolute Gasteiger partial charge is 0.381 e. The average molecular weight is 476 g/mol. The normalized spacial score (nSPS) is 11.5. The first kappa shape index (κ1) is 25.1. The summed E-state index contributed by atoms with van der Waals surface area (Å²) < 4.78 is 5.58. The molecule has 1 rings (SSSR count). The second kappa shape index (κ2) is 16.3. The van der Waals surface area contributed by atoms with Gasteiger partial charge in [0.2, 0.25) is 0 Å². The summed E-state index contributed by atoms with van der Waals surface area (Å²) in [4.78, 5) is 6.60. The van der Waals surface area contributed by atoms with E-state index in [1.54, 1.807) is 0 Å². The van der Waals surface area contributed by atoms with Crippen LogP contribution in [0.4, 0.5) is 0 Å². The molecule has 0 saturated heterocycles. The fourth-order valence-corrected chi connectivity index (χ4v) is 2.45. The third kappa shape index (κ3) is 13.4. The van der Waals surface area contributed by atoms with Crippen molar-refractivity contribution in [1.82, 2.24) is 15.5 Å². The summed E-state index contributed by atoms with van der Waals surface area (Å²) in [5.74, 6) is 1.47. The van der Waals surface area contributed by atoms with Gasteiger partial charge in [0.1, 0.15) is 0 Å². The molecule has 2 N–H and O–H groups in total. The molecule has 0 spiro atoms. The molecule has 1 aromatic carbocycles. The Labute approximate surface area is 177 Å². The highest BCUT2D eigenvalue weighted by molar-refractivity contribution is 14.0. The maximum Gasteiger partial charge on any atom is 0.190 e. The Hall–Kier alpha value is -0.860. The average Bonchev–Trinajstić information content (AvgIpc) is 2.60. The molecule has 0 atom stereocenters. The molecule has 0 aliphatic carbocycles. The Morgan fingerprint density at radius 3 is 2.38 bits per heavy atom. The molecule has 0 saturated carbocycles. The van der Waals surface area contributed by atoms with Gasteiger partial charge < -0.3 is 20.3 Å². The highest BCUT2D eigenvalue weighted by Crippen LogP contribution is 2.02. The Balaban J connectivity index is 0.00000625. The van der Waals surface area contributed by atoms with E-state index >= 15 is 0 Å². The fraction of sp³-hybridized carbons (Fsp3) is 0.650. The second-order valence-corrected chi connectivity index (χ2v) is 6.83. The van der Waals surface area contributed by atoms with E-state index in [0.717, 1.165) is 58.2 Å². The Bertz CT molecular complexity index is 468. The van der Waals surface area contributed by atoms with E-state index in [0.29, 0.717) is 5.92 Å². The molecule has 0 aliphatic heterocycles. The molecule has 0 fully saturated rings. The van der Waals surface area contributed by atoms with Crippen LogP contribution >= 0.6 is 24.0 Å². The van der Waals surface area contributed by atoms with E-state index in [2.05, 4.69) is 71.8 Å². The quantitative estimate of drug-likeness (QED) is 0.210. The van der Waals surface area contributed by atoms with E-state index in [9.17, 15) is 0 Å². The van der Waals surface area contributed by atoms with E-state index in [1.165, 1.54) is 5.56 Å². The lowest BCUT2D eigenvalue weighted by Gasteiger charge is -2.17. The first-order chi connectivity index (χ1) is 12.1. The zero-order valence-electron chi connectivity index (χ0n) is 16.8. The predicted molar refractivity (Wildman–Crippen MR) is 122 cm³/mol. The summed E-state index contributed by atoms with van der Waals surface area (Å²) in [5, 5.41) is 6.70. The number of ether oxygens (including phenoxy) is 1. The zero-order valence-corrected chi connectivity index (χ0v) is 19.2. The molecule has 0 amide bonds. The number of guanidine groups is 1. The highest BCUT2D eigenvalue weighted by Gasteiger charge is 2.01. The first-order valence-corrected chi connectivity index (χ1v) is 9.36. The van der Waals surface area contributed by atoms with Gasteiger partial charge in [-0.25, -0.2) is 0 Å². The Morgan fingerprint density at radius 1 is 1.12 bits per heavy atom. The number of aliphatic imine (C=N–C) groups is 1. The summed E-state index contributed by atoms with van der Waals surface area (Å²) in [6.07, 6.45) is 2.08. The smallest absolute Gasteiger partial charge is 0.190 e. The number of halogens is 1. The van der Waals surface area contributed by atoms with Crippen molar-refractivity contribution in [2.45, 2.75) is 33.2 Å². The molecule has 0 aliphatic rings. The van der Waals surface area contributed by atoms with Crippen LogP contribution in [-0.4, -0.2) is 57.8 Å². The van der Waals surface area contributed by atoms with E-state index < -0.39 is 0 Å². The molecular weight excluding hydrogens is 439 g/mol. The van der Waals surface area contributed by atoms with Crippen molar-refractivity contribution in [3.8, 4) is 0 Å². The van der Waals surface area contributed by atoms with Crippen LogP contribution in [-0.2, 0) is 11.3 Å². The van der Waals surface area contributed by atoms with Crippen LogP contribution in [0.15, 0.2) is 35.3 Å².